The third-order valence-corrected chi connectivity index (χ3v) is 2.36. The molecule has 0 bridgehead atoms. The van der Waals surface area contributed by atoms with E-state index in [4.69, 9.17) is 0 Å². The van der Waals surface area contributed by atoms with Crippen LogP contribution in [0.5, 0.6) is 0 Å². The van der Waals surface area contributed by atoms with Gasteiger partial charge in [0.15, 0.2) is 0 Å². The fourth-order valence-corrected chi connectivity index (χ4v) is 1.54. The van der Waals surface area contributed by atoms with E-state index in [-0.39, 0.29) is 22.0 Å². The van der Waals surface area contributed by atoms with Gasteiger partial charge in [0.1, 0.15) is 10.1 Å². The van der Waals surface area contributed by atoms with Gasteiger partial charge in [-0.2, -0.15) is 0 Å². The summed E-state index contributed by atoms with van der Waals surface area (Å²) in [5.41, 5.74) is 0.488. The van der Waals surface area contributed by atoms with E-state index >= 15 is 0 Å². The SMILES string of the molecule is Cc1ccccc1S(=O)(=O)[O-].[Cu+]. The molecule has 0 aliphatic heterocycles. The van der Waals surface area contributed by atoms with E-state index in [0.717, 1.165) is 0 Å². The predicted octanol–water partition coefficient (Wildman–Crippen LogP) is 0.897. The van der Waals surface area contributed by atoms with Gasteiger partial charge >= 0.3 is 17.1 Å². The van der Waals surface area contributed by atoms with Crippen LogP contribution in [0, 0.1) is 6.92 Å². The molecule has 1 aromatic rings. The predicted molar refractivity (Wildman–Crippen MR) is 39.1 cm³/mol. The third-order valence-electron chi connectivity index (χ3n) is 1.36. The Morgan fingerprint density at radius 2 is 1.75 bits per heavy atom. The largest absolute Gasteiger partial charge is 1.00 e. The summed E-state index contributed by atoms with van der Waals surface area (Å²) in [5, 5.41) is 0. The number of hydrogen-bond acceptors (Lipinski definition) is 3. The van der Waals surface area contributed by atoms with E-state index in [0.29, 0.717) is 5.56 Å². The van der Waals surface area contributed by atoms with Gasteiger partial charge in [-0.15, -0.1) is 0 Å². The molecular weight excluding hydrogens is 228 g/mol. The van der Waals surface area contributed by atoms with Crippen molar-refractivity contribution in [3.05, 3.63) is 29.8 Å². The first-order valence-electron chi connectivity index (χ1n) is 3.03. The van der Waals surface area contributed by atoms with E-state index in [1.165, 1.54) is 12.1 Å². The van der Waals surface area contributed by atoms with Crippen LogP contribution in [0.4, 0.5) is 0 Å². The molecule has 0 aliphatic rings. The van der Waals surface area contributed by atoms with Crippen molar-refractivity contribution in [1.29, 1.82) is 0 Å². The van der Waals surface area contributed by atoms with E-state index in [1.807, 2.05) is 0 Å². The maximum absolute atomic E-state index is 10.5. The van der Waals surface area contributed by atoms with E-state index < -0.39 is 10.1 Å². The Morgan fingerprint density at radius 3 is 2.08 bits per heavy atom. The number of hydrogen-bond donors (Lipinski definition) is 0. The smallest absolute Gasteiger partial charge is 0.744 e. The van der Waals surface area contributed by atoms with E-state index in [9.17, 15) is 13.0 Å². The van der Waals surface area contributed by atoms with Gasteiger partial charge in [-0.05, 0) is 18.6 Å². The first-order valence-corrected chi connectivity index (χ1v) is 4.44. The van der Waals surface area contributed by atoms with Crippen molar-refractivity contribution in [2.45, 2.75) is 11.8 Å². The quantitative estimate of drug-likeness (QED) is 0.536. The number of aryl methyl sites for hydroxylation is 1. The van der Waals surface area contributed by atoms with Crippen LogP contribution in [0.15, 0.2) is 29.2 Å². The standard InChI is InChI=1S/C7H8O3S.Cu/c1-6-4-2-3-5-7(6)11(8,9)10;/h2-5H,1H3,(H,8,9,10);/q;+1/p-1. The summed E-state index contributed by atoms with van der Waals surface area (Å²) in [6.07, 6.45) is 0. The second-order valence-corrected chi connectivity index (χ2v) is 3.57. The maximum Gasteiger partial charge on any atom is 1.00 e. The van der Waals surface area contributed by atoms with Gasteiger partial charge in [0.05, 0.1) is 4.90 Å². The Hall–Kier alpha value is -0.351. The van der Waals surface area contributed by atoms with Crippen LogP contribution in [0.25, 0.3) is 0 Å². The normalized spacial score (nSPS) is 10.5. The van der Waals surface area contributed by atoms with Crippen molar-refractivity contribution in [2.24, 2.45) is 0 Å². The molecule has 1 rings (SSSR count). The molecule has 0 N–H and O–H groups in total. The summed E-state index contributed by atoms with van der Waals surface area (Å²) in [7, 11) is -4.28. The summed E-state index contributed by atoms with van der Waals surface area (Å²) in [6, 6.07) is 6.10. The Kier molecular flexibility index (Phi) is 3.93. The molecular formula is C7H7CuO3S. The van der Waals surface area contributed by atoms with Crippen LogP contribution in [-0.4, -0.2) is 13.0 Å². The van der Waals surface area contributed by atoms with Crippen molar-refractivity contribution in [3.63, 3.8) is 0 Å². The zero-order chi connectivity index (χ0) is 8.48. The van der Waals surface area contributed by atoms with Gasteiger partial charge in [-0.3, -0.25) is 0 Å². The molecule has 0 spiro atoms. The molecule has 3 nitrogen and oxygen atoms in total. The van der Waals surface area contributed by atoms with Crippen LogP contribution in [0.3, 0.4) is 0 Å². The Labute approximate surface area is 82.0 Å². The van der Waals surface area contributed by atoms with Crippen LogP contribution in [0.2, 0.25) is 0 Å². The van der Waals surface area contributed by atoms with Gasteiger partial charge in [0.25, 0.3) is 0 Å². The molecule has 1 aromatic carbocycles. The molecule has 0 radical (unpaired) electrons. The summed E-state index contributed by atoms with van der Waals surface area (Å²) < 4.78 is 31.5. The zero-order valence-corrected chi connectivity index (χ0v) is 8.00. The zero-order valence-electron chi connectivity index (χ0n) is 6.24. The summed E-state index contributed by atoms with van der Waals surface area (Å²) >= 11 is 0. The number of benzene rings is 1. The topological polar surface area (TPSA) is 57.2 Å². The second-order valence-electron chi connectivity index (χ2n) is 2.22. The summed E-state index contributed by atoms with van der Waals surface area (Å²) in [5.74, 6) is 0. The van der Waals surface area contributed by atoms with Gasteiger partial charge < -0.3 is 4.55 Å². The van der Waals surface area contributed by atoms with E-state index in [1.54, 1.807) is 19.1 Å². The molecule has 0 saturated heterocycles. The van der Waals surface area contributed by atoms with Crippen molar-refractivity contribution >= 4 is 10.1 Å². The summed E-state index contributed by atoms with van der Waals surface area (Å²) in [4.78, 5) is -0.139. The molecule has 5 heteroatoms. The minimum absolute atomic E-state index is 0. The van der Waals surface area contributed by atoms with Crippen molar-refractivity contribution in [2.75, 3.05) is 0 Å². The second kappa shape index (κ2) is 4.05. The van der Waals surface area contributed by atoms with Crippen molar-refractivity contribution < 1.29 is 30.0 Å². The molecule has 0 aromatic heterocycles. The Bertz CT molecular complexity index is 359. The Balaban J connectivity index is 0.00000121. The van der Waals surface area contributed by atoms with Crippen LogP contribution in [-0.2, 0) is 27.2 Å². The molecule has 0 atom stereocenters. The van der Waals surface area contributed by atoms with E-state index in [2.05, 4.69) is 0 Å². The number of rotatable bonds is 1. The monoisotopic (exact) mass is 234 g/mol. The summed E-state index contributed by atoms with van der Waals surface area (Å²) in [6.45, 7) is 1.59. The minimum Gasteiger partial charge on any atom is -0.744 e. The molecule has 0 fully saturated rings. The fourth-order valence-electron chi connectivity index (χ4n) is 0.837. The van der Waals surface area contributed by atoms with Crippen LogP contribution in [0.1, 0.15) is 5.56 Å². The van der Waals surface area contributed by atoms with Crippen LogP contribution < -0.4 is 0 Å². The van der Waals surface area contributed by atoms with Crippen molar-refractivity contribution in [3.8, 4) is 0 Å². The average molecular weight is 235 g/mol. The molecule has 0 saturated carbocycles. The van der Waals surface area contributed by atoms with Gasteiger partial charge in [0, 0.05) is 0 Å². The van der Waals surface area contributed by atoms with Gasteiger partial charge in [-0.25, -0.2) is 8.42 Å². The third kappa shape index (κ3) is 2.60. The molecule has 0 amide bonds. The first-order chi connectivity index (χ1) is 5.02. The maximum atomic E-state index is 10.5. The fraction of sp³-hybridized carbons (Fsp3) is 0.143. The first kappa shape index (κ1) is 11.6. The molecule has 70 valence electrons. The molecule has 12 heavy (non-hydrogen) atoms. The van der Waals surface area contributed by atoms with Crippen molar-refractivity contribution in [1.82, 2.24) is 0 Å². The van der Waals surface area contributed by atoms with Gasteiger partial charge in [-0.1, -0.05) is 18.2 Å². The van der Waals surface area contributed by atoms with Gasteiger partial charge in [0.2, 0.25) is 0 Å². The van der Waals surface area contributed by atoms with Crippen LogP contribution >= 0.6 is 0 Å². The minimum atomic E-state index is -4.28. The Morgan fingerprint density at radius 1 is 1.25 bits per heavy atom. The molecule has 0 aliphatic carbocycles. The molecule has 0 heterocycles. The average Bonchev–Trinajstić information content (AvgIpc) is 1.86. The molecule has 0 unspecified atom stereocenters.